The van der Waals surface area contributed by atoms with Gasteiger partial charge in [0.2, 0.25) is 0 Å². The lowest BCUT2D eigenvalue weighted by molar-refractivity contribution is -0.0972. The van der Waals surface area contributed by atoms with Crippen molar-refractivity contribution in [2.45, 2.75) is 90.1 Å². The molecule has 2 heterocycles. The molecule has 4 nitrogen and oxygen atoms in total. The molecular formula is C24H36FNO3. The van der Waals surface area contributed by atoms with Gasteiger partial charge in [-0.05, 0) is 82.9 Å². The molecule has 0 radical (unpaired) electrons. The van der Waals surface area contributed by atoms with E-state index in [1.807, 2.05) is 6.07 Å². The van der Waals surface area contributed by atoms with Crippen molar-refractivity contribution in [3.05, 3.63) is 23.0 Å². The van der Waals surface area contributed by atoms with Crippen LogP contribution in [0.15, 0.2) is 6.07 Å². The molecule has 0 amide bonds. The highest BCUT2D eigenvalue weighted by molar-refractivity contribution is 5.51. The Morgan fingerprint density at radius 3 is 2.55 bits per heavy atom. The monoisotopic (exact) mass is 405 g/mol. The fraction of sp³-hybridized carbons (Fsp3) is 0.750. The minimum Gasteiger partial charge on any atom is -0.493 e. The van der Waals surface area contributed by atoms with E-state index in [0.717, 1.165) is 37.1 Å². The number of hydrogen-bond acceptors (Lipinski definition) is 4. The highest BCUT2D eigenvalue weighted by Gasteiger charge is 2.38. The van der Waals surface area contributed by atoms with Crippen molar-refractivity contribution in [3.8, 4) is 11.5 Å². The number of halogens is 1. The average molecular weight is 406 g/mol. The third-order valence-electron chi connectivity index (χ3n) is 6.83. The lowest BCUT2D eigenvalue weighted by Crippen LogP contribution is -2.47. The van der Waals surface area contributed by atoms with Crippen LogP contribution in [0.3, 0.4) is 0 Å². The van der Waals surface area contributed by atoms with Gasteiger partial charge in [-0.1, -0.05) is 6.42 Å². The first-order valence-corrected chi connectivity index (χ1v) is 11.2. The number of nitrogens with zero attached hydrogens (tertiary/aromatic N) is 1. The second-order valence-corrected chi connectivity index (χ2v) is 9.99. The Kier molecular flexibility index (Phi) is 5.82. The van der Waals surface area contributed by atoms with Gasteiger partial charge in [0.05, 0.1) is 24.9 Å². The summed E-state index contributed by atoms with van der Waals surface area (Å²) in [6, 6.07) is 2.27. The minimum absolute atomic E-state index is 0.0234. The standard InChI is InChI=1S/C24H36FNO3/c1-15(16-7-6-8-16)28-23-21(27-5)13-19-18(22(23)25)11-12-26-14-17(9-10-20(19)26)29-24(2,3)4/h13,15-17,20H,6-12,14H2,1-5H3. The van der Waals surface area contributed by atoms with Gasteiger partial charge in [0.15, 0.2) is 17.3 Å². The van der Waals surface area contributed by atoms with Gasteiger partial charge in [-0.25, -0.2) is 4.39 Å². The molecule has 1 aromatic carbocycles. The van der Waals surface area contributed by atoms with Gasteiger partial charge in [-0.15, -0.1) is 0 Å². The number of hydrogen-bond donors (Lipinski definition) is 0. The number of rotatable bonds is 5. The van der Waals surface area contributed by atoms with Gasteiger partial charge < -0.3 is 14.2 Å². The molecule has 1 aliphatic carbocycles. The Balaban J connectivity index is 1.56. The van der Waals surface area contributed by atoms with Crippen molar-refractivity contribution in [1.82, 2.24) is 4.90 Å². The van der Waals surface area contributed by atoms with E-state index in [9.17, 15) is 0 Å². The molecule has 3 unspecified atom stereocenters. The van der Waals surface area contributed by atoms with Gasteiger partial charge in [0, 0.05) is 19.1 Å². The first kappa shape index (κ1) is 20.9. The molecule has 2 aliphatic heterocycles. The SMILES string of the molecule is COc1cc2c(c(F)c1OC(C)C1CCC1)CCN1CC(OC(C)(C)C)CCC21. The summed E-state index contributed by atoms with van der Waals surface area (Å²) in [6.45, 7) is 10.1. The molecule has 2 fully saturated rings. The first-order chi connectivity index (χ1) is 13.8. The first-order valence-electron chi connectivity index (χ1n) is 11.2. The van der Waals surface area contributed by atoms with Gasteiger partial charge in [0.1, 0.15) is 0 Å². The fourth-order valence-corrected chi connectivity index (χ4v) is 5.13. The predicted molar refractivity (Wildman–Crippen MR) is 112 cm³/mol. The molecule has 29 heavy (non-hydrogen) atoms. The van der Waals surface area contributed by atoms with Crippen molar-refractivity contribution in [2.75, 3.05) is 20.2 Å². The van der Waals surface area contributed by atoms with Crippen LogP contribution in [-0.2, 0) is 11.2 Å². The summed E-state index contributed by atoms with van der Waals surface area (Å²) in [5, 5.41) is 0. The maximum absolute atomic E-state index is 15.6. The summed E-state index contributed by atoms with van der Waals surface area (Å²) in [6.07, 6.45) is 6.54. The van der Waals surface area contributed by atoms with Gasteiger partial charge in [-0.2, -0.15) is 0 Å². The zero-order chi connectivity index (χ0) is 20.8. The Labute approximate surface area is 174 Å². The summed E-state index contributed by atoms with van der Waals surface area (Å²) in [7, 11) is 1.61. The average Bonchev–Trinajstić information content (AvgIpc) is 2.60. The van der Waals surface area contributed by atoms with E-state index >= 15 is 4.39 Å². The highest BCUT2D eigenvalue weighted by atomic mass is 19.1. The highest BCUT2D eigenvalue weighted by Crippen LogP contribution is 2.45. The molecule has 0 bridgehead atoms. The molecule has 162 valence electrons. The van der Waals surface area contributed by atoms with Crippen molar-refractivity contribution in [3.63, 3.8) is 0 Å². The summed E-state index contributed by atoms with van der Waals surface area (Å²) < 4.78 is 33.5. The van der Waals surface area contributed by atoms with E-state index in [0.29, 0.717) is 23.8 Å². The summed E-state index contributed by atoms with van der Waals surface area (Å²) >= 11 is 0. The number of fused-ring (bicyclic) bond motifs is 3. The van der Waals surface area contributed by atoms with E-state index in [1.54, 1.807) is 7.11 Å². The van der Waals surface area contributed by atoms with Gasteiger partial charge in [0.25, 0.3) is 0 Å². The van der Waals surface area contributed by atoms with Crippen LogP contribution < -0.4 is 9.47 Å². The number of ether oxygens (including phenoxy) is 3. The van der Waals surface area contributed by atoms with Crippen LogP contribution in [0.25, 0.3) is 0 Å². The van der Waals surface area contributed by atoms with Crippen molar-refractivity contribution >= 4 is 0 Å². The minimum atomic E-state index is -0.210. The maximum atomic E-state index is 15.6. The van der Waals surface area contributed by atoms with Crippen molar-refractivity contribution in [2.24, 2.45) is 5.92 Å². The van der Waals surface area contributed by atoms with Crippen molar-refractivity contribution in [1.29, 1.82) is 0 Å². The van der Waals surface area contributed by atoms with Crippen LogP contribution in [-0.4, -0.2) is 42.9 Å². The molecule has 1 saturated carbocycles. The van der Waals surface area contributed by atoms with Gasteiger partial charge in [-0.3, -0.25) is 4.90 Å². The Hall–Kier alpha value is -1.33. The molecular weight excluding hydrogens is 369 g/mol. The normalized spacial score (nSPS) is 26.3. The number of piperidine rings is 1. The fourth-order valence-electron chi connectivity index (χ4n) is 5.13. The largest absolute Gasteiger partial charge is 0.493 e. The van der Waals surface area contributed by atoms with Crippen LogP contribution in [0.5, 0.6) is 11.5 Å². The van der Waals surface area contributed by atoms with Crippen LogP contribution >= 0.6 is 0 Å². The Bertz CT molecular complexity index is 741. The second kappa shape index (κ2) is 8.07. The molecule has 0 aromatic heterocycles. The molecule has 1 aromatic rings. The van der Waals surface area contributed by atoms with Crippen LogP contribution in [0, 0.1) is 11.7 Å². The lowest BCUT2D eigenvalue weighted by atomic mass is 9.81. The topological polar surface area (TPSA) is 30.9 Å². The third kappa shape index (κ3) is 4.27. The second-order valence-electron chi connectivity index (χ2n) is 9.99. The lowest BCUT2D eigenvalue weighted by Gasteiger charge is -2.45. The molecule has 3 atom stereocenters. The smallest absolute Gasteiger partial charge is 0.197 e. The Morgan fingerprint density at radius 1 is 1.17 bits per heavy atom. The van der Waals surface area contributed by atoms with Crippen molar-refractivity contribution < 1.29 is 18.6 Å². The predicted octanol–water partition coefficient (Wildman–Crippen LogP) is 5.28. The molecule has 0 spiro atoms. The van der Waals surface area contributed by atoms with E-state index in [1.165, 1.54) is 19.3 Å². The van der Waals surface area contributed by atoms with E-state index in [2.05, 4.69) is 32.6 Å². The van der Waals surface area contributed by atoms with Crippen LogP contribution in [0.2, 0.25) is 0 Å². The number of methoxy groups -OCH3 is 1. The van der Waals surface area contributed by atoms with Crippen LogP contribution in [0.1, 0.15) is 77.0 Å². The summed E-state index contributed by atoms with van der Waals surface area (Å²) in [5.41, 5.74) is 1.76. The maximum Gasteiger partial charge on any atom is 0.197 e. The Morgan fingerprint density at radius 2 is 1.93 bits per heavy atom. The van der Waals surface area contributed by atoms with Crippen LogP contribution in [0.4, 0.5) is 4.39 Å². The molecule has 0 N–H and O–H groups in total. The number of benzene rings is 1. The molecule has 4 rings (SSSR count). The van der Waals surface area contributed by atoms with E-state index in [4.69, 9.17) is 14.2 Å². The third-order valence-corrected chi connectivity index (χ3v) is 6.83. The molecule has 3 aliphatic rings. The zero-order valence-corrected chi connectivity index (χ0v) is 18.6. The van der Waals surface area contributed by atoms with E-state index < -0.39 is 0 Å². The van der Waals surface area contributed by atoms with E-state index in [-0.39, 0.29) is 29.7 Å². The molecule has 1 saturated heterocycles. The zero-order valence-electron chi connectivity index (χ0n) is 18.6. The van der Waals surface area contributed by atoms with Gasteiger partial charge >= 0.3 is 0 Å². The summed E-state index contributed by atoms with van der Waals surface area (Å²) in [4.78, 5) is 2.46. The quantitative estimate of drug-likeness (QED) is 0.667. The molecule has 5 heteroatoms. The summed E-state index contributed by atoms with van der Waals surface area (Å²) in [5.74, 6) is 1.16.